The normalized spacial score (nSPS) is 31.5. The molecule has 0 aromatic heterocycles. The summed E-state index contributed by atoms with van der Waals surface area (Å²) in [6.45, 7) is 2.74. The standard InChI is InChI=1S/C11H21NO3/c1-9-3-2-5-11(7-9,8-13)12-6-4-10(14)15/h9,12-13H,2-8H2,1H3,(H,14,15). The van der Waals surface area contributed by atoms with E-state index in [9.17, 15) is 9.90 Å². The summed E-state index contributed by atoms with van der Waals surface area (Å²) in [7, 11) is 0. The van der Waals surface area contributed by atoms with Gasteiger partial charge in [-0.2, -0.15) is 0 Å². The van der Waals surface area contributed by atoms with Gasteiger partial charge >= 0.3 is 5.97 Å². The second-order valence-electron chi connectivity index (χ2n) is 4.71. The van der Waals surface area contributed by atoms with E-state index < -0.39 is 5.97 Å². The molecule has 1 saturated carbocycles. The average molecular weight is 215 g/mol. The Balaban J connectivity index is 2.41. The Morgan fingerprint density at radius 3 is 2.87 bits per heavy atom. The van der Waals surface area contributed by atoms with Crippen LogP contribution in [0.25, 0.3) is 0 Å². The predicted molar refractivity (Wildman–Crippen MR) is 57.7 cm³/mol. The monoisotopic (exact) mass is 215 g/mol. The third kappa shape index (κ3) is 3.80. The molecular weight excluding hydrogens is 194 g/mol. The maximum absolute atomic E-state index is 10.4. The molecule has 0 saturated heterocycles. The third-order valence-electron chi connectivity index (χ3n) is 3.23. The highest BCUT2D eigenvalue weighted by atomic mass is 16.4. The van der Waals surface area contributed by atoms with Crippen LogP contribution in [-0.4, -0.2) is 34.9 Å². The van der Waals surface area contributed by atoms with Crippen molar-refractivity contribution < 1.29 is 15.0 Å². The van der Waals surface area contributed by atoms with Gasteiger partial charge in [0.05, 0.1) is 13.0 Å². The molecule has 1 aliphatic rings. The summed E-state index contributed by atoms with van der Waals surface area (Å²) in [5.74, 6) is -0.178. The SMILES string of the molecule is CC1CCCC(CO)(NCCC(=O)O)C1. The van der Waals surface area contributed by atoms with E-state index in [0.717, 1.165) is 19.3 Å². The predicted octanol–water partition coefficient (Wildman–Crippen LogP) is 0.992. The minimum Gasteiger partial charge on any atom is -0.481 e. The lowest BCUT2D eigenvalue weighted by Crippen LogP contribution is -2.52. The van der Waals surface area contributed by atoms with Gasteiger partial charge in [0.15, 0.2) is 0 Å². The number of hydrogen-bond donors (Lipinski definition) is 3. The van der Waals surface area contributed by atoms with Crippen LogP contribution in [0.5, 0.6) is 0 Å². The summed E-state index contributed by atoms with van der Waals surface area (Å²) in [5, 5.41) is 21.2. The largest absolute Gasteiger partial charge is 0.481 e. The summed E-state index contributed by atoms with van der Waals surface area (Å²) in [6.07, 6.45) is 4.34. The molecule has 88 valence electrons. The molecule has 0 spiro atoms. The van der Waals surface area contributed by atoms with E-state index in [1.54, 1.807) is 0 Å². The van der Waals surface area contributed by atoms with Crippen LogP contribution in [-0.2, 0) is 4.79 Å². The van der Waals surface area contributed by atoms with Gasteiger partial charge in [0.25, 0.3) is 0 Å². The van der Waals surface area contributed by atoms with E-state index >= 15 is 0 Å². The van der Waals surface area contributed by atoms with Crippen molar-refractivity contribution in [2.45, 2.75) is 44.6 Å². The van der Waals surface area contributed by atoms with Crippen molar-refractivity contribution in [1.82, 2.24) is 5.32 Å². The Hall–Kier alpha value is -0.610. The quantitative estimate of drug-likeness (QED) is 0.639. The third-order valence-corrected chi connectivity index (χ3v) is 3.23. The van der Waals surface area contributed by atoms with Crippen molar-refractivity contribution in [2.75, 3.05) is 13.2 Å². The lowest BCUT2D eigenvalue weighted by Gasteiger charge is -2.39. The Bertz CT molecular complexity index is 220. The van der Waals surface area contributed by atoms with Crippen molar-refractivity contribution in [3.8, 4) is 0 Å². The van der Waals surface area contributed by atoms with Crippen LogP contribution in [0.15, 0.2) is 0 Å². The van der Waals surface area contributed by atoms with Crippen LogP contribution in [0.4, 0.5) is 0 Å². The molecule has 0 aliphatic heterocycles. The number of aliphatic hydroxyl groups excluding tert-OH is 1. The molecule has 15 heavy (non-hydrogen) atoms. The van der Waals surface area contributed by atoms with Crippen LogP contribution in [0, 0.1) is 5.92 Å². The zero-order chi connectivity index (χ0) is 11.3. The Labute approximate surface area is 90.7 Å². The van der Waals surface area contributed by atoms with E-state index in [1.807, 2.05) is 0 Å². The number of carboxylic acid groups (broad SMARTS) is 1. The van der Waals surface area contributed by atoms with Crippen molar-refractivity contribution >= 4 is 5.97 Å². The number of nitrogens with one attached hydrogen (secondary N) is 1. The number of aliphatic carboxylic acids is 1. The van der Waals surface area contributed by atoms with Gasteiger partial charge in [0, 0.05) is 12.1 Å². The highest BCUT2D eigenvalue weighted by molar-refractivity contribution is 5.66. The molecule has 0 aromatic rings. The van der Waals surface area contributed by atoms with Gasteiger partial charge in [-0.1, -0.05) is 19.8 Å². The fourth-order valence-corrected chi connectivity index (χ4v) is 2.45. The minimum absolute atomic E-state index is 0.108. The molecule has 3 N–H and O–H groups in total. The summed E-state index contributed by atoms with van der Waals surface area (Å²) in [5.41, 5.74) is -0.229. The molecule has 0 bridgehead atoms. The van der Waals surface area contributed by atoms with E-state index in [0.29, 0.717) is 12.5 Å². The first-order chi connectivity index (χ1) is 7.08. The first-order valence-corrected chi connectivity index (χ1v) is 5.66. The molecule has 0 aromatic carbocycles. The van der Waals surface area contributed by atoms with Crippen LogP contribution in [0.2, 0.25) is 0 Å². The average Bonchev–Trinajstić information content (AvgIpc) is 2.17. The Kier molecular flexibility index (Phi) is 4.54. The second-order valence-corrected chi connectivity index (χ2v) is 4.71. The molecule has 1 fully saturated rings. The van der Waals surface area contributed by atoms with E-state index in [2.05, 4.69) is 12.2 Å². The van der Waals surface area contributed by atoms with Crippen LogP contribution >= 0.6 is 0 Å². The fraction of sp³-hybridized carbons (Fsp3) is 0.909. The summed E-state index contributed by atoms with van der Waals surface area (Å²) >= 11 is 0. The van der Waals surface area contributed by atoms with Gasteiger partial charge in [0.2, 0.25) is 0 Å². The van der Waals surface area contributed by atoms with Crippen molar-refractivity contribution in [3.63, 3.8) is 0 Å². The van der Waals surface area contributed by atoms with Gasteiger partial charge in [-0.25, -0.2) is 0 Å². The molecule has 2 atom stereocenters. The molecule has 0 radical (unpaired) electrons. The Morgan fingerprint density at radius 2 is 2.33 bits per heavy atom. The van der Waals surface area contributed by atoms with Crippen LogP contribution in [0.1, 0.15) is 39.0 Å². The van der Waals surface area contributed by atoms with Crippen molar-refractivity contribution in [3.05, 3.63) is 0 Å². The van der Waals surface area contributed by atoms with Gasteiger partial charge in [-0.3, -0.25) is 4.79 Å². The summed E-state index contributed by atoms with van der Waals surface area (Å²) in [4.78, 5) is 10.4. The lowest BCUT2D eigenvalue weighted by molar-refractivity contribution is -0.137. The second kappa shape index (κ2) is 5.47. The molecule has 0 amide bonds. The first kappa shape index (κ1) is 12.5. The van der Waals surface area contributed by atoms with Crippen molar-refractivity contribution in [2.24, 2.45) is 5.92 Å². The molecular formula is C11H21NO3. The molecule has 2 unspecified atom stereocenters. The molecule has 1 rings (SSSR count). The number of rotatable bonds is 5. The fourth-order valence-electron chi connectivity index (χ4n) is 2.45. The van der Waals surface area contributed by atoms with E-state index in [1.165, 1.54) is 6.42 Å². The Morgan fingerprint density at radius 1 is 1.60 bits per heavy atom. The zero-order valence-electron chi connectivity index (χ0n) is 9.33. The number of hydrogen-bond acceptors (Lipinski definition) is 3. The maximum atomic E-state index is 10.4. The van der Waals surface area contributed by atoms with Gasteiger partial charge in [0.1, 0.15) is 0 Å². The molecule has 1 aliphatic carbocycles. The van der Waals surface area contributed by atoms with Gasteiger partial charge in [-0.15, -0.1) is 0 Å². The van der Waals surface area contributed by atoms with Crippen LogP contribution in [0.3, 0.4) is 0 Å². The topological polar surface area (TPSA) is 69.6 Å². The number of aliphatic hydroxyl groups is 1. The maximum Gasteiger partial charge on any atom is 0.304 e. The molecule has 4 nitrogen and oxygen atoms in total. The highest BCUT2D eigenvalue weighted by Gasteiger charge is 2.33. The number of carboxylic acids is 1. The highest BCUT2D eigenvalue weighted by Crippen LogP contribution is 2.31. The lowest BCUT2D eigenvalue weighted by atomic mass is 9.77. The van der Waals surface area contributed by atoms with Crippen molar-refractivity contribution in [1.29, 1.82) is 0 Å². The minimum atomic E-state index is -0.792. The molecule has 4 heteroatoms. The zero-order valence-corrected chi connectivity index (χ0v) is 9.33. The van der Waals surface area contributed by atoms with Gasteiger partial charge in [-0.05, 0) is 18.8 Å². The van der Waals surface area contributed by atoms with Gasteiger partial charge < -0.3 is 15.5 Å². The summed E-state index contributed by atoms with van der Waals surface area (Å²) in [6, 6.07) is 0. The van der Waals surface area contributed by atoms with E-state index in [4.69, 9.17) is 5.11 Å². The smallest absolute Gasteiger partial charge is 0.304 e. The number of carbonyl (C=O) groups is 1. The molecule has 0 heterocycles. The first-order valence-electron chi connectivity index (χ1n) is 5.66. The summed E-state index contributed by atoms with van der Waals surface area (Å²) < 4.78 is 0. The van der Waals surface area contributed by atoms with E-state index in [-0.39, 0.29) is 18.6 Å². The van der Waals surface area contributed by atoms with Crippen LogP contribution < -0.4 is 5.32 Å².